The highest BCUT2D eigenvalue weighted by atomic mass is 32.1. The standard InChI is InChI=1S/C18H15NO7S/c1-4-26-17(22)10-9-7-5-6-8-19(9)12-13(20)11(16(21)24-2)15(18(23)25-3)27-14(10)12/h5-8H,4H2,1-3H3. The molecule has 0 aliphatic carbocycles. The van der Waals surface area contributed by atoms with E-state index in [1.165, 1.54) is 4.40 Å². The van der Waals surface area contributed by atoms with Crippen molar-refractivity contribution in [2.75, 3.05) is 20.8 Å². The van der Waals surface area contributed by atoms with Gasteiger partial charge in [-0.2, -0.15) is 0 Å². The van der Waals surface area contributed by atoms with Gasteiger partial charge in [-0.1, -0.05) is 6.07 Å². The van der Waals surface area contributed by atoms with Crippen LogP contribution < -0.4 is 5.43 Å². The molecule has 0 spiro atoms. The molecule has 0 saturated carbocycles. The third kappa shape index (κ3) is 2.85. The number of carbonyl (C=O) groups excluding carboxylic acids is 3. The average Bonchev–Trinajstić information content (AvgIpc) is 3.01. The van der Waals surface area contributed by atoms with Gasteiger partial charge in [0.1, 0.15) is 21.5 Å². The summed E-state index contributed by atoms with van der Waals surface area (Å²) in [7, 11) is 2.24. The van der Waals surface area contributed by atoms with Crippen LogP contribution in [0, 0.1) is 0 Å². The Labute approximate surface area is 156 Å². The van der Waals surface area contributed by atoms with Crippen molar-refractivity contribution in [1.29, 1.82) is 0 Å². The number of carbonyl (C=O) groups is 3. The molecular weight excluding hydrogens is 374 g/mol. The third-order valence-electron chi connectivity index (χ3n) is 3.91. The van der Waals surface area contributed by atoms with E-state index in [1.54, 1.807) is 31.3 Å². The number of ether oxygens (including phenoxy) is 3. The number of pyridine rings is 1. The zero-order chi connectivity index (χ0) is 19.7. The van der Waals surface area contributed by atoms with E-state index >= 15 is 0 Å². The molecule has 0 aliphatic rings. The molecule has 0 amide bonds. The van der Waals surface area contributed by atoms with Gasteiger partial charge in [0.05, 0.1) is 31.0 Å². The summed E-state index contributed by atoms with van der Waals surface area (Å²) in [4.78, 5) is 49.8. The number of nitrogens with zero attached hydrogens (tertiary/aromatic N) is 1. The summed E-state index contributed by atoms with van der Waals surface area (Å²) >= 11 is 0.814. The molecule has 3 aromatic heterocycles. The van der Waals surface area contributed by atoms with Crippen molar-refractivity contribution in [3.8, 4) is 0 Å². The fourth-order valence-corrected chi connectivity index (χ4v) is 4.02. The first-order chi connectivity index (χ1) is 13.0. The Kier molecular flexibility index (Phi) is 4.95. The SMILES string of the molecule is CCOC(=O)c1c2sc(C(=O)OC)c(C(=O)OC)c(=O)c2n2ccccc12. The van der Waals surface area contributed by atoms with E-state index in [0.29, 0.717) is 5.52 Å². The maximum Gasteiger partial charge on any atom is 0.349 e. The Balaban J connectivity index is 2.55. The molecule has 140 valence electrons. The van der Waals surface area contributed by atoms with Crippen molar-refractivity contribution in [3.05, 3.63) is 50.6 Å². The Bertz CT molecular complexity index is 1140. The third-order valence-corrected chi connectivity index (χ3v) is 5.09. The normalized spacial score (nSPS) is 10.8. The van der Waals surface area contributed by atoms with Crippen LogP contribution >= 0.6 is 11.3 Å². The topological polar surface area (TPSA) is 100 Å². The van der Waals surface area contributed by atoms with Crippen molar-refractivity contribution < 1.29 is 28.6 Å². The first-order valence-corrected chi connectivity index (χ1v) is 8.71. The number of hydrogen-bond acceptors (Lipinski definition) is 8. The molecule has 0 aromatic carbocycles. The molecule has 0 atom stereocenters. The molecule has 27 heavy (non-hydrogen) atoms. The smallest absolute Gasteiger partial charge is 0.349 e. The number of methoxy groups -OCH3 is 2. The molecule has 0 bridgehead atoms. The van der Waals surface area contributed by atoms with E-state index in [9.17, 15) is 19.2 Å². The summed E-state index contributed by atoms with van der Waals surface area (Å²) in [6.07, 6.45) is 1.59. The maximum atomic E-state index is 13.1. The van der Waals surface area contributed by atoms with E-state index in [2.05, 4.69) is 4.74 Å². The van der Waals surface area contributed by atoms with Gasteiger partial charge in [-0.05, 0) is 19.1 Å². The monoisotopic (exact) mass is 389 g/mol. The van der Waals surface area contributed by atoms with Crippen LogP contribution in [0.3, 0.4) is 0 Å². The Hall–Kier alpha value is -3.20. The van der Waals surface area contributed by atoms with Gasteiger partial charge in [0.2, 0.25) is 5.43 Å². The Morgan fingerprint density at radius 2 is 1.74 bits per heavy atom. The van der Waals surface area contributed by atoms with Crippen LogP contribution in [0.15, 0.2) is 29.2 Å². The van der Waals surface area contributed by atoms with Crippen LogP contribution in [0.2, 0.25) is 0 Å². The van der Waals surface area contributed by atoms with E-state index in [-0.39, 0.29) is 27.3 Å². The van der Waals surface area contributed by atoms with Gasteiger partial charge >= 0.3 is 17.9 Å². The fourth-order valence-electron chi connectivity index (χ4n) is 2.80. The highest BCUT2D eigenvalue weighted by Crippen LogP contribution is 2.32. The summed E-state index contributed by atoms with van der Waals surface area (Å²) in [5.74, 6) is -2.46. The summed E-state index contributed by atoms with van der Waals surface area (Å²) in [5.41, 5.74) is -0.492. The lowest BCUT2D eigenvalue weighted by Gasteiger charge is -2.06. The molecule has 0 fully saturated rings. The minimum absolute atomic E-state index is 0.0895. The molecule has 0 aliphatic heterocycles. The predicted octanol–water partition coefficient (Wildman–Crippen LogP) is 2.26. The molecule has 3 aromatic rings. The van der Waals surface area contributed by atoms with Crippen LogP contribution in [-0.2, 0) is 14.2 Å². The zero-order valence-corrected chi connectivity index (χ0v) is 15.5. The van der Waals surface area contributed by atoms with Gasteiger partial charge in [-0.3, -0.25) is 4.79 Å². The number of fused-ring (bicyclic) bond motifs is 3. The van der Waals surface area contributed by atoms with E-state index in [4.69, 9.17) is 9.47 Å². The van der Waals surface area contributed by atoms with Crippen molar-refractivity contribution in [3.63, 3.8) is 0 Å². The van der Waals surface area contributed by atoms with Crippen molar-refractivity contribution in [2.45, 2.75) is 6.92 Å². The lowest BCUT2D eigenvalue weighted by Crippen LogP contribution is -2.22. The average molecular weight is 389 g/mol. The number of hydrogen-bond donors (Lipinski definition) is 0. The van der Waals surface area contributed by atoms with Crippen LogP contribution in [0.25, 0.3) is 15.7 Å². The van der Waals surface area contributed by atoms with Gasteiger partial charge in [-0.25, -0.2) is 14.4 Å². The molecule has 0 radical (unpaired) electrons. The molecule has 8 nitrogen and oxygen atoms in total. The second kappa shape index (κ2) is 7.20. The quantitative estimate of drug-likeness (QED) is 0.498. The Morgan fingerprint density at radius 3 is 2.37 bits per heavy atom. The zero-order valence-electron chi connectivity index (χ0n) is 14.7. The molecular formula is C18H15NO7S. The fraction of sp³-hybridized carbons (Fsp3) is 0.222. The lowest BCUT2D eigenvalue weighted by atomic mass is 10.2. The number of rotatable bonds is 4. The van der Waals surface area contributed by atoms with Gasteiger partial charge in [0.15, 0.2) is 0 Å². The number of esters is 3. The first kappa shape index (κ1) is 18.6. The highest BCUT2D eigenvalue weighted by molar-refractivity contribution is 7.20. The number of aromatic nitrogens is 1. The molecule has 9 heteroatoms. The molecule has 0 unspecified atom stereocenters. The second-order valence-corrected chi connectivity index (χ2v) is 6.37. The minimum Gasteiger partial charge on any atom is -0.465 e. The van der Waals surface area contributed by atoms with Gasteiger partial charge in [0, 0.05) is 6.20 Å². The molecule has 0 N–H and O–H groups in total. The highest BCUT2D eigenvalue weighted by Gasteiger charge is 2.30. The predicted molar refractivity (Wildman–Crippen MR) is 97.7 cm³/mol. The van der Waals surface area contributed by atoms with Crippen LogP contribution in [0.5, 0.6) is 0 Å². The summed E-state index contributed by atoms with van der Waals surface area (Å²) in [5, 5.41) is 0. The van der Waals surface area contributed by atoms with Gasteiger partial charge in [0.25, 0.3) is 0 Å². The molecule has 3 heterocycles. The maximum absolute atomic E-state index is 13.1. The van der Waals surface area contributed by atoms with Gasteiger partial charge in [-0.15, -0.1) is 11.3 Å². The Morgan fingerprint density at radius 1 is 1.04 bits per heavy atom. The van der Waals surface area contributed by atoms with Gasteiger partial charge < -0.3 is 18.6 Å². The summed E-state index contributed by atoms with van der Waals surface area (Å²) < 4.78 is 16.2. The van der Waals surface area contributed by atoms with Crippen LogP contribution in [0.1, 0.15) is 37.3 Å². The van der Waals surface area contributed by atoms with E-state index in [0.717, 1.165) is 25.6 Å². The molecule has 3 rings (SSSR count). The lowest BCUT2D eigenvalue weighted by molar-refractivity contribution is 0.0529. The van der Waals surface area contributed by atoms with Crippen LogP contribution in [0.4, 0.5) is 0 Å². The first-order valence-electron chi connectivity index (χ1n) is 7.89. The van der Waals surface area contributed by atoms with Crippen molar-refractivity contribution in [1.82, 2.24) is 4.40 Å². The van der Waals surface area contributed by atoms with Crippen molar-refractivity contribution in [2.24, 2.45) is 0 Å². The summed E-state index contributed by atoms with van der Waals surface area (Å²) in [6.45, 7) is 1.81. The van der Waals surface area contributed by atoms with Crippen molar-refractivity contribution >= 4 is 45.0 Å². The second-order valence-electron chi connectivity index (χ2n) is 5.35. The minimum atomic E-state index is -0.956. The molecule has 0 saturated heterocycles. The summed E-state index contributed by atoms with van der Waals surface area (Å²) in [6, 6.07) is 5.03. The largest absolute Gasteiger partial charge is 0.465 e. The van der Waals surface area contributed by atoms with Crippen LogP contribution in [-0.4, -0.2) is 43.1 Å². The van der Waals surface area contributed by atoms with E-state index in [1.807, 2.05) is 0 Å². The van der Waals surface area contributed by atoms with E-state index < -0.39 is 28.9 Å².